The van der Waals surface area contributed by atoms with Crippen LogP contribution in [0.1, 0.15) is 50.7 Å². The van der Waals surface area contributed by atoms with E-state index in [1.54, 1.807) is 0 Å². The van der Waals surface area contributed by atoms with Crippen molar-refractivity contribution in [3.63, 3.8) is 0 Å². The van der Waals surface area contributed by atoms with E-state index in [9.17, 15) is 0 Å². The molecule has 134 valence electrons. The Morgan fingerprint density at radius 2 is 1.28 bits per heavy atom. The van der Waals surface area contributed by atoms with Gasteiger partial charge >= 0.3 is 0 Å². The number of hydrogen-bond donors (Lipinski definition) is 1. The molecule has 0 fully saturated rings. The Morgan fingerprint density at radius 3 is 1.64 bits per heavy atom. The largest absolute Gasteiger partial charge is 0.474 e. The highest BCUT2D eigenvalue weighted by Gasteiger charge is 2.29. The molecule has 25 heavy (non-hydrogen) atoms. The number of quaternary nitrogens is 1. The summed E-state index contributed by atoms with van der Waals surface area (Å²) < 4.78 is 0.570. The number of nitrogens with zero attached hydrogens (tertiary/aromatic N) is 1. The van der Waals surface area contributed by atoms with Crippen LogP contribution >= 0.6 is 24.8 Å². The van der Waals surface area contributed by atoms with E-state index in [4.69, 9.17) is 25.0 Å². The van der Waals surface area contributed by atoms with Crippen LogP contribution in [0.4, 0.5) is 11.4 Å². The highest BCUT2D eigenvalue weighted by Crippen LogP contribution is 2.40. The van der Waals surface area contributed by atoms with Crippen LogP contribution in [-0.4, -0.2) is 4.32 Å². The van der Waals surface area contributed by atoms with Gasteiger partial charge in [-0.25, -0.2) is 0 Å². The molecule has 0 radical (unpaired) electrons. The van der Waals surface area contributed by atoms with E-state index in [1.165, 1.54) is 11.1 Å². The molecule has 0 atom stereocenters. The zero-order valence-corrected chi connectivity index (χ0v) is 17.6. The van der Waals surface area contributed by atoms with E-state index in [1.807, 2.05) is 12.1 Å². The second-order valence-corrected chi connectivity index (χ2v) is 8.02. The number of thiol groups is 1. The van der Waals surface area contributed by atoms with Gasteiger partial charge in [0.2, 0.25) is 4.32 Å². The minimum Gasteiger partial charge on any atom is -0.474 e. The molecule has 2 aromatic rings. The first-order valence-electron chi connectivity index (χ1n) is 9.06. The minimum absolute atomic E-state index is 0.0677. The van der Waals surface area contributed by atoms with E-state index in [-0.39, 0.29) is 3.89 Å². The smallest absolute Gasteiger partial charge is 0.222 e. The van der Waals surface area contributed by atoms with Crippen molar-refractivity contribution in [2.75, 3.05) is 0 Å². The Labute approximate surface area is 169 Å². The average Bonchev–Trinajstić information content (AvgIpc) is 2.64. The number of hydrogen-bond acceptors (Lipinski definition) is 2. The Hall–Kier alpha value is -0.810. The molecule has 0 unspecified atom stereocenters. The average molecular weight is 390 g/mol. The van der Waals surface area contributed by atoms with Crippen LogP contribution in [0, 0.1) is 0 Å². The Bertz CT molecular complexity index is 660. The van der Waals surface area contributed by atoms with Crippen LogP contribution in [0.15, 0.2) is 48.5 Å². The fraction of sp³-hybridized carbons (Fsp3) is 0.381. The molecule has 0 saturated heterocycles. The van der Waals surface area contributed by atoms with E-state index in [2.05, 4.69) is 62.9 Å². The fourth-order valence-electron chi connectivity index (χ4n) is 3.13. The van der Waals surface area contributed by atoms with Crippen molar-refractivity contribution in [2.24, 2.45) is 0 Å². The van der Waals surface area contributed by atoms with Crippen LogP contribution in [-0.2, 0) is 25.7 Å². The van der Waals surface area contributed by atoms with Crippen molar-refractivity contribution in [1.29, 1.82) is 0 Å². The van der Waals surface area contributed by atoms with Gasteiger partial charge in [-0.15, -0.1) is 0 Å². The van der Waals surface area contributed by atoms with Gasteiger partial charge in [0, 0.05) is 11.1 Å². The van der Waals surface area contributed by atoms with E-state index < -0.39 is 0 Å². The van der Waals surface area contributed by atoms with E-state index in [0.717, 1.165) is 49.9 Å². The molecule has 0 bridgehead atoms. The molecule has 0 aliphatic carbocycles. The number of thiocarbonyl (C=S) groups is 1. The molecule has 2 rings (SSSR count). The second kappa shape index (κ2) is 9.77. The van der Waals surface area contributed by atoms with Crippen molar-refractivity contribution < 1.29 is 0 Å². The summed E-state index contributed by atoms with van der Waals surface area (Å²) in [5.74, 6) is 0. The zero-order valence-electron chi connectivity index (χ0n) is 15.1. The normalized spacial score (nSPS) is 11.5. The van der Waals surface area contributed by atoms with Crippen molar-refractivity contribution in [3.05, 3.63) is 59.7 Å². The Balaban J connectivity index is 2.60. The van der Waals surface area contributed by atoms with Gasteiger partial charge in [-0.1, -0.05) is 75.7 Å². The predicted molar refractivity (Wildman–Crippen MR) is 121 cm³/mol. The lowest BCUT2D eigenvalue weighted by atomic mass is 10.0. The molecule has 4 heteroatoms. The van der Waals surface area contributed by atoms with E-state index >= 15 is 0 Å². The summed E-state index contributed by atoms with van der Waals surface area (Å²) in [4.78, 5) is 0. The highest BCUT2D eigenvalue weighted by atomic mass is 32.1. The number of aryl methyl sites for hydroxylation is 2. The first kappa shape index (κ1) is 20.5. The molecule has 0 aromatic heterocycles. The lowest BCUT2D eigenvalue weighted by molar-refractivity contribution is 0.767. The van der Waals surface area contributed by atoms with Gasteiger partial charge in [0.15, 0.2) is 0 Å². The molecule has 0 aliphatic rings. The lowest BCUT2D eigenvalue weighted by Gasteiger charge is -2.43. The summed E-state index contributed by atoms with van der Waals surface area (Å²) in [6.45, 7) is 4.42. The molecule has 0 spiro atoms. The zero-order chi connectivity index (χ0) is 18.3. The van der Waals surface area contributed by atoms with Gasteiger partial charge in [-0.2, -0.15) is 0 Å². The first-order valence-corrected chi connectivity index (χ1v) is 10.3. The van der Waals surface area contributed by atoms with Crippen molar-refractivity contribution in [1.82, 2.24) is 3.89 Å². The van der Waals surface area contributed by atoms with Gasteiger partial charge in [-0.05, 0) is 50.0 Å². The number of para-hydroxylation sites is 2. The van der Waals surface area contributed by atoms with Crippen LogP contribution in [0.3, 0.4) is 0 Å². The third-order valence-electron chi connectivity index (χ3n) is 4.53. The number of benzene rings is 2. The topological polar surface area (TPSA) is 0 Å². The molecule has 0 N–H and O–H groups in total. The quantitative estimate of drug-likeness (QED) is 0.231. The maximum Gasteiger partial charge on any atom is 0.222 e. The molecule has 0 amide bonds. The summed E-state index contributed by atoms with van der Waals surface area (Å²) in [6.07, 6.45) is 6.62. The van der Waals surface area contributed by atoms with Gasteiger partial charge in [0.1, 0.15) is 11.4 Å². The number of rotatable bonds is 8. The number of unbranched alkanes of at least 4 members (excludes halogenated alkanes) is 2. The predicted octanol–water partition coefficient (Wildman–Crippen LogP) is 6.69. The fourth-order valence-corrected chi connectivity index (χ4v) is 3.90. The molecule has 0 aliphatic heterocycles. The summed E-state index contributed by atoms with van der Waals surface area (Å²) in [7, 11) is 0. The van der Waals surface area contributed by atoms with Crippen molar-refractivity contribution in [3.8, 4) is 0 Å². The van der Waals surface area contributed by atoms with Gasteiger partial charge in [-0.3, -0.25) is 0 Å². The van der Waals surface area contributed by atoms with Crippen LogP contribution < -0.4 is 3.89 Å². The van der Waals surface area contributed by atoms with Gasteiger partial charge in [0.25, 0.3) is 0 Å². The van der Waals surface area contributed by atoms with Gasteiger partial charge in [0.05, 0.1) is 0 Å². The Morgan fingerprint density at radius 1 is 0.880 bits per heavy atom. The molecule has 0 saturated carbocycles. The SMILES string of the molecule is CCCCc1ccccc1[N+]([S-])(C(=S)S)c1ccccc1CCCC. The molecule has 0 heterocycles. The molecular formula is C21H27NS3. The lowest BCUT2D eigenvalue weighted by Crippen LogP contribution is -2.41. The van der Waals surface area contributed by atoms with Crippen LogP contribution in [0.2, 0.25) is 0 Å². The summed E-state index contributed by atoms with van der Waals surface area (Å²) in [5.41, 5.74) is 4.66. The standard InChI is InChI=1S/C21H27NS3/c1-3-5-11-17-13-7-9-15-19(17)22(25,21(23)24)20-16-10-8-14-18(20)12-6-4-2/h7-10,13-16H,3-6,11-12H2,1-2H3,(H,23,24). The first-order chi connectivity index (χ1) is 12.1. The summed E-state index contributed by atoms with van der Waals surface area (Å²) >= 11 is 16.3. The maximum absolute atomic E-state index is 6.15. The van der Waals surface area contributed by atoms with Crippen molar-refractivity contribution >= 4 is 53.4 Å². The van der Waals surface area contributed by atoms with E-state index in [0.29, 0.717) is 4.32 Å². The minimum atomic E-state index is 0.0677. The monoisotopic (exact) mass is 389 g/mol. The van der Waals surface area contributed by atoms with Crippen molar-refractivity contribution in [2.45, 2.75) is 52.4 Å². The summed E-state index contributed by atoms with van der Waals surface area (Å²) in [5, 5.41) is 0. The Kier molecular flexibility index (Phi) is 8.01. The molecule has 2 aromatic carbocycles. The molecule has 1 nitrogen and oxygen atoms in total. The van der Waals surface area contributed by atoms with Crippen LogP contribution in [0.25, 0.3) is 0 Å². The van der Waals surface area contributed by atoms with Crippen LogP contribution in [0.5, 0.6) is 0 Å². The second-order valence-electron chi connectivity index (χ2n) is 6.36. The third-order valence-corrected chi connectivity index (χ3v) is 5.93. The highest BCUT2D eigenvalue weighted by molar-refractivity contribution is 8.12. The third kappa shape index (κ3) is 4.68. The molecular weight excluding hydrogens is 362 g/mol. The summed E-state index contributed by atoms with van der Waals surface area (Å²) in [6, 6.07) is 16.8. The maximum atomic E-state index is 6.15. The van der Waals surface area contributed by atoms with Gasteiger partial charge < -0.3 is 16.7 Å².